The number of esters is 1. The smallest absolute Gasteiger partial charge is 0.328 e. The number of carbonyl (C=O) groups excluding carboxylic acids is 1. The van der Waals surface area contributed by atoms with Crippen LogP contribution in [0.5, 0.6) is 0 Å². The van der Waals surface area contributed by atoms with Crippen LogP contribution in [0.25, 0.3) is 0 Å². The molecule has 0 fully saturated rings. The molecule has 84 valence electrons. The molecule has 0 aliphatic carbocycles. The van der Waals surface area contributed by atoms with E-state index in [9.17, 15) is 4.79 Å². The average Bonchev–Trinajstić information content (AvgIpc) is 2.87. The van der Waals surface area contributed by atoms with E-state index in [0.29, 0.717) is 5.69 Å². The van der Waals surface area contributed by atoms with Crippen LogP contribution in [0.3, 0.4) is 0 Å². The van der Waals surface area contributed by atoms with Crippen LogP contribution in [0, 0.1) is 0 Å². The SMILES string of the molecule is Nc1cnn(CC(=O)OCc2nccs2)c1. The molecule has 0 bridgehead atoms. The Hall–Kier alpha value is -1.89. The summed E-state index contributed by atoms with van der Waals surface area (Å²) in [4.78, 5) is 15.4. The van der Waals surface area contributed by atoms with E-state index in [1.165, 1.54) is 22.2 Å². The fourth-order valence-corrected chi connectivity index (χ4v) is 1.64. The molecule has 0 aromatic carbocycles. The van der Waals surface area contributed by atoms with Gasteiger partial charge in [-0.05, 0) is 0 Å². The predicted octanol–water partition coefficient (Wildman–Crippen LogP) is 0.665. The van der Waals surface area contributed by atoms with E-state index in [4.69, 9.17) is 10.5 Å². The van der Waals surface area contributed by atoms with Gasteiger partial charge in [-0.15, -0.1) is 11.3 Å². The molecule has 0 spiro atoms. The van der Waals surface area contributed by atoms with Crippen LogP contribution in [0.1, 0.15) is 5.01 Å². The summed E-state index contributed by atoms with van der Waals surface area (Å²) in [5.74, 6) is -0.363. The zero-order valence-corrected chi connectivity index (χ0v) is 9.18. The first-order valence-corrected chi connectivity index (χ1v) is 5.44. The Balaban J connectivity index is 1.81. The van der Waals surface area contributed by atoms with E-state index in [-0.39, 0.29) is 19.1 Å². The summed E-state index contributed by atoms with van der Waals surface area (Å²) in [5.41, 5.74) is 5.98. The first kappa shape index (κ1) is 10.6. The summed E-state index contributed by atoms with van der Waals surface area (Å²) in [7, 11) is 0. The number of nitrogens with two attached hydrogens (primary N) is 1. The highest BCUT2D eigenvalue weighted by Crippen LogP contribution is 2.05. The van der Waals surface area contributed by atoms with E-state index in [2.05, 4.69) is 10.1 Å². The maximum Gasteiger partial charge on any atom is 0.328 e. The van der Waals surface area contributed by atoms with Crippen LogP contribution < -0.4 is 5.73 Å². The second-order valence-corrected chi connectivity index (χ2v) is 4.04. The molecule has 2 heterocycles. The van der Waals surface area contributed by atoms with Gasteiger partial charge in [-0.2, -0.15) is 5.10 Å². The van der Waals surface area contributed by atoms with Gasteiger partial charge in [-0.25, -0.2) is 4.98 Å². The largest absolute Gasteiger partial charge is 0.457 e. The minimum atomic E-state index is -0.363. The van der Waals surface area contributed by atoms with Crippen molar-refractivity contribution in [3.8, 4) is 0 Å². The Bertz CT molecular complexity index is 466. The van der Waals surface area contributed by atoms with Crippen LogP contribution in [0.15, 0.2) is 24.0 Å². The molecule has 2 N–H and O–H groups in total. The molecule has 0 aliphatic rings. The van der Waals surface area contributed by atoms with Crippen LogP contribution >= 0.6 is 11.3 Å². The number of anilines is 1. The van der Waals surface area contributed by atoms with Crippen molar-refractivity contribution in [1.29, 1.82) is 0 Å². The van der Waals surface area contributed by atoms with Gasteiger partial charge in [0.15, 0.2) is 0 Å². The van der Waals surface area contributed by atoms with E-state index in [1.54, 1.807) is 12.4 Å². The number of aromatic nitrogens is 3. The van der Waals surface area contributed by atoms with Gasteiger partial charge in [-0.3, -0.25) is 9.48 Å². The fourth-order valence-electron chi connectivity index (χ4n) is 1.11. The second-order valence-electron chi connectivity index (χ2n) is 3.06. The van der Waals surface area contributed by atoms with Crippen molar-refractivity contribution in [1.82, 2.24) is 14.8 Å². The van der Waals surface area contributed by atoms with Gasteiger partial charge in [-0.1, -0.05) is 0 Å². The molecular weight excluding hydrogens is 228 g/mol. The average molecular weight is 238 g/mol. The number of hydrogen-bond donors (Lipinski definition) is 1. The van der Waals surface area contributed by atoms with Crippen molar-refractivity contribution >= 4 is 23.0 Å². The first-order valence-electron chi connectivity index (χ1n) is 4.56. The summed E-state index contributed by atoms with van der Waals surface area (Å²) in [5, 5.41) is 6.48. The lowest BCUT2D eigenvalue weighted by Crippen LogP contribution is -2.13. The van der Waals surface area contributed by atoms with Crippen molar-refractivity contribution in [2.45, 2.75) is 13.2 Å². The molecule has 7 heteroatoms. The lowest BCUT2D eigenvalue weighted by atomic mass is 10.6. The van der Waals surface area contributed by atoms with Crippen molar-refractivity contribution in [2.24, 2.45) is 0 Å². The van der Waals surface area contributed by atoms with Gasteiger partial charge in [0.25, 0.3) is 0 Å². The molecule has 16 heavy (non-hydrogen) atoms. The molecule has 0 radical (unpaired) electrons. The topological polar surface area (TPSA) is 83.0 Å². The van der Waals surface area contributed by atoms with Gasteiger partial charge < -0.3 is 10.5 Å². The number of hydrogen-bond acceptors (Lipinski definition) is 6. The van der Waals surface area contributed by atoms with Gasteiger partial charge in [0, 0.05) is 17.8 Å². The molecule has 0 aliphatic heterocycles. The van der Waals surface area contributed by atoms with Crippen LogP contribution in [0.2, 0.25) is 0 Å². The van der Waals surface area contributed by atoms with Crippen molar-refractivity contribution < 1.29 is 9.53 Å². The minimum Gasteiger partial charge on any atom is -0.457 e. The number of carbonyl (C=O) groups is 1. The van der Waals surface area contributed by atoms with Crippen molar-refractivity contribution in [3.05, 3.63) is 29.0 Å². The lowest BCUT2D eigenvalue weighted by molar-refractivity contribution is -0.145. The Morgan fingerprint density at radius 3 is 3.12 bits per heavy atom. The molecule has 0 saturated carbocycles. The highest BCUT2D eigenvalue weighted by molar-refractivity contribution is 7.09. The number of rotatable bonds is 4. The molecule has 0 amide bonds. The van der Waals surface area contributed by atoms with Gasteiger partial charge in [0.05, 0.1) is 11.9 Å². The van der Waals surface area contributed by atoms with Gasteiger partial charge in [0.2, 0.25) is 0 Å². The summed E-state index contributed by atoms with van der Waals surface area (Å²) < 4.78 is 6.44. The molecule has 2 aromatic heterocycles. The molecule has 2 rings (SSSR count). The molecule has 0 unspecified atom stereocenters. The van der Waals surface area contributed by atoms with Crippen molar-refractivity contribution in [2.75, 3.05) is 5.73 Å². The second kappa shape index (κ2) is 4.75. The molecule has 6 nitrogen and oxygen atoms in total. The summed E-state index contributed by atoms with van der Waals surface area (Å²) in [6.45, 7) is 0.260. The Labute approximate surface area is 95.7 Å². The third-order valence-electron chi connectivity index (χ3n) is 1.78. The van der Waals surface area contributed by atoms with Crippen LogP contribution in [0.4, 0.5) is 5.69 Å². The Morgan fingerprint density at radius 2 is 2.50 bits per heavy atom. The summed E-state index contributed by atoms with van der Waals surface area (Å²) in [6.07, 6.45) is 4.72. The number of thiazole rings is 1. The third kappa shape index (κ3) is 2.80. The van der Waals surface area contributed by atoms with E-state index in [0.717, 1.165) is 5.01 Å². The maximum atomic E-state index is 11.4. The minimum absolute atomic E-state index is 0.0581. The van der Waals surface area contributed by atoms with Gasteiger partial charge >= 0.3 is 5.97 Å². The highest BCUT2D eigenvalue weighted by atomic mass is 32.1. The van der Waals surface area contributed by atoms with Gasteiger partial charge in [0.1, 0.15) is 18.2 Å². The summed E-state index contributed by atoms with van der Waals surface area (Å²) in [6, 6.07) is 0. The summed E-state index contributed by atoms with van der Waals surface area (Å²) >= 11 is 1.44. The Morgan fingerprint density at radius 1 is 1.62 bits per heavy atom. The normalized spacial score (nSPS) is 10.2. The quantitative estimate of drug-likeness (QED) is 0.791. The lowest BCUT2D eigenvalue weighted by Gasteiger charge is -2.02. The molecule has 0 atom stereocenters. The van der Waals surface area contributed by atoms with Crippen molar-refractivity contribution in [3.63, 3.8) is 0 Å². The Kier molecular flexibility index (Phi) is 3.16. The fraction of sp³-hybridized carbons (Fsp3) is 0.222. The number of nitrogen functional groups attached to an aromatic ring is 1. The molecular formula is C9H10N4O2S. The zero-order valence-electron chi connectivity index (χ0n) is 8.37. The highest BCUT2D eigenvalue weighted by Gasteiger charge is 2.06. The van der Waals surface area contributed by atoms with E-state index in [1.807, 2.05) is 5.38 Å². The predicted molar refractivity (Wildman–Crippen MR) is 58.5 cm³/mol. The standard InChI is InChI=1S/C9H10N4O2S/c10-7-3-12-13(4-7)5-9(14)15-6-8-11-1-2-16-8/h1-4H,5-6,10H2. The number of ether oxygens (including phenoxy) is 1. The van der Waals surface area contributed by atoms with E-state index >= 15 is 0 Å². The maximum absolute atomic E-state index is 11.4. The molecule has 2 aromatic rings. The van der Waals surface area contributed by atoms with Crippen LogP contribution in [-0.2, 0) is 22.7 Å². The van der Waals surface area contributed by atoms with Crippen LogP contribution in [-0.4, -0.2) is 20.7 Å². The number of nitrogens with zero attached hydrogens (tertiary/aromatic N) is 3. The first-order chi connectivity index (χ1) is 7.74. The third-order valence-corrected chi connectivity index (χ3v) is 2.54. The van der Waals surface area contributed by atoms with E-state index < -0.39 is 0 Å². The molecule has 0 saturated heterocycles. The monoisotopic (exact) mass is 238 g/mol. The zero-order chi connectivity index (χ0) is 11.4.